The Balaban J connectivity index is 0.00000121. The highest BCUT2D eigenvalue weighted by molar-refractivity contribution is 5.85. The topological polar surface area (TPSA) is 46.3 Å². The molecule has 4 heteroatoms. The number of carbonyl (C=O) groups is 1. The van der Waals surface area contributed by atoms with Crippen molar-refractivity contribution < 1.29 is 4.79 Å². The maximum atomic E-state index is 11.5. The van der Waals surface area contributed by atoms with Gasteiger partial charge in [-0.05, 0) is 26.7 Å². The van der Waals surface area contributed by atoms with Gasteiger partial charge in [-0.3, -0.25) is 4.79 Å². The molecular formula is C8H17ClN2O. The summed E-state index contributed by atoms with van der Waals surface area (Å²) in [5.41, 5.74) is 4.98. The van der Waals surface area contributed by atoms with E-state index < -0.39 is 5.54 Å². The summed E-state index contributed by atoms with van der Waals surface area (Å²) < 4.78 is 0. The molecule has 12 heavy (non-hydrogen) atoms. The zero-order chi connectivity index (χ0) is 8.48. The van der Waals surface area contributed by atoms with Gasteiger partial charge in [-0.1, -0.05) is 0 Å². The Kier molecular flexibility index (Phi) is 4.00. The molecule has 1 aliphatic rings. The molecule has 1 fully saturated rings. The largest absolute Gasteiger partial charge is 0.341 e. The van der Waals surface area contributed by atoms with E-state index in [2.05, 4.69) is 0 Å². The van der Waals surface area contributed by atoms with Crippen molar-refractivity contribution >= 4 is 18.3 Å². The molecule has 0 unspecified atom stereocenters. The van der Waals surface area contributed by atoms with Crippen molar-refractivity contribution in [2.75, 3.05) is 13.1 Å². The van der Waals surface area contributed by atoms with Gasteiger partial charge in [0.05, 0.1) is 5.54 Å². The second kappa shape index (κ2) is 4.10. The van der Waals surface area contributed by atoms with Crippen LogP contribution in [0.25, 0.3) is 0 Å². The SMILES string of the molecule is CC(C)(N)C(=O)N1CCCC1.Cl. The van der Waals surface area contributed by atoms with E-state index in [9.17, 15) is 4.79 Å². The number of amides is 1. The number of hydrogen-bond acceptors (Lipinski definition) is 2. The standard InChI is InChI=1S/C8H16N2O.ClH/c1-8(2,9)7(11)10-5-3-4-6-10;/h3-6,9H2,1-2H3;1H. The van der Waals surface area contributed by atoms with Gasteiger partial charge in [-0.25, -0.2) is 0 Å². The second-order valence-corrected chi connectivity index (χ2v) is 3.72. The van der Waals surface area contributed by atoms with Crippen LogP contribution in [0.4, 0.5) is 0 Å². The van der Waals surface area contributed by atoms with Gasteiger partial charge in [0.25, 0.3) is 0 Å². The summed E-state index contributed by atoms with van der Waals surface area (Å²) in [6.07, 6.45) is 2.25. The van der Waals surface area contributed by atoms with Gasteiger partial charge >= 0.3 is 0 Å². The lowest BCUT2D eigenvalue weighted by atomic mass is 10.1. The van der Waals surface area contributed by atoms with Gasteiger partial charge < -0.3 is 10.6 Å². The van der Waals surface area contributed by atoms with E-state index in [1.54, 1.807) is 13.8 Å². The summed E-state index contributed by atoms with van der Waals surface area (Å²) in [6.45, 7) is 5.29. The number of halogens is 1. The van der Waals surface area contributed by atoms with Crippen LogP contribution in [0.5, 0.6) is 0 Å². The summed E-state index contributed by atoms with van der Waals surface area (Å²) in [5.74, 6) is 0.0787. The molecular weight excluding hydrogens is 176 g/mol. The molecule has 2 N–H and O–H groups in total. The maximum absolute atomic E-state index is 11.5. The van der Waals surface area contributed by atoms with Gasteiger partial charge in [-0.2, -0.15) is 0 Å². The van der Waals surface area contributed by atoms with Gasteiger partial charge in [0.15, 0.2) is 0 Å². The van der Waals surface area contributed by atoms with E-state index >= 15 is 0 Å². The molecule has 0 saturated carbocycles. The number of hydrogen-bond donors (Lipinski definition) is 1. The lowest BCUT2D eigenvalue weighted by molar-refractivity contribution is -0.134. The summed E-state index contributed by atoms with van der Waals surface area (Å²) in [4.78, 5) is 13.3. The van der Waals surface area contributed by atoms with Crippen LogP contribution in [-0.2, 0) is 4.79 Å². The molecule has 0 spiro atoms. The van der Waals surface area contributed by atoms with Crippen molar-refractivity contribution in [3.63, 3.8) is 0 Å². The smallest absolute Gasteiger partial charge is 0.242 e. The first-order chi connectivity index (χ1) is 5.02. The summed E-state index contributed by atoms with van der Waals surface area (Å²) in [6, 6.07) is 0. The Morgan fingerprint density at radius 1 is 1.33 bits per heavy atom. The van der Waals surface area contributed by atoms with Gasteiger partial charge in [-0.15, -0.1) is 12.4 Å². The average Bonchev–Trinajstić information content (AvgIpc) is 2.34. The highest BCUT2D eigenvalue weighted by atomic mass is 35.5. The molecule has 0 aromatic rings. The fraction of sp³-hybridized carbons (Fsp3) is 0.875. The lowest BCUT2D eigenvalue weighted by Gasteiger charge is -2.24. The molecule has 0 aliphatic carbocycles. The van der Waals surface area contributed by atoms with Gasteiger partial charge in [0, 0.05) is 13.1 Å². The van der Waals surface area contributed by atoms with Crippen LogP contribution in [0.1, 0.15) is 26.7 Å². The third-order valence-electron chi connectivity index (χ3n) is 1.94. The maximum Gasteiger partial charge on any atom is 0.242 e. The van der Waals surface area contributed by atoms with Crippen molar-refractivity contribution in [2.45, 2.75) is 32.2 Å². The fourth-order valence-electron chi connectivity index (χ4n) is 1.33. The van der Waals surface area contributed by atoms with E-state index in [4.69, 9.17) is 5.73 Å². The molecule has 0 aromatic heterocycles. The van der Waals surface area contributed by atoms with Crippen molar-refractivity contribution in [2.24, 2.45) is 5.73 Å². The summed E-state index contributed by atoms with van der Waals surface area (Å²) in [5, 5.41) is 0. The van der Waals surface area contributed by atoms with E-state index in [1.165, 1.54) is 0 Å². The van der Waals surface area contributed by atoms with Crippen LogP contribution < -0.4 is 5.73 Å². The number of nitrogens with two attached hydrogens (primary N) is 1. The number of nitrogens with zero attached hydrogens (tertiary/aromatic N) is 1. The van der Waals surface area contributed by atoms with Crippen LogP contribution in [0.3, 0.4) is 0 Å². The van der Waals surface area contributed by atoms with Crippen molar-refractivity contribution in [3.8, 4) is 0 Å². The minimum absolute atomic E-state index is 0. The molecule has 1 saturated heterocycles. The third-order valence-corrected chi connectivity index (χ3v) is 1.94. The van der Waals surface area contributed by atoms with Crippen LogP contribution in [0.2, 0.25) is 0 Å². The Morgan fingerprint density at radius 2 is 1.75 bits per heavy atom. The van der Waals surface area contributed by atoms with Gasteiger partial charge in [0.1, 0.15) is 0 Å². The quantitative estimate of drug-likeness (QED) is 0.667. The van der Waals surface area contributed by atoms with Crippen molar-refractivity contribution in [3.05, 3.63) is 0 Å². The number of rotatable bonds is 1. The molecule has 1 heterocycles. The van der Waals surface area contributed by atoms with Crippen LogP contribution >= 0.6 is 12.4 Å². The molecule has 0 aromatic carbocycles. The van der Waals surface area contributed by atoms with Crippen LogP contribution in [-0.4, -0.2) is 29.4 Å². The number of carbonyl (C=O) groups excluding carboxylic acids is 1. The van der Waals surface area contributed by atoms with Crippen molar-refractivity contribution in [1.29, 1.82) is 0 Å². The van der Waals surface area contributed by atoms with Crippen LogP contribution in [0.15, 0.2) is 0 Å². The first-order valence-corrected chi connectivity index (χ1v) is 4.10. The van der Waals surface area contributed by atoms with E-state index in [1.807, 2.05) is 4.90 Å². The highest BCUT2D eigenvalue weighted by Crippen LogP contribution is 2.12. The number of likely N-dealkylation sites (tertiary alicyclic amines) is 1. The molecule has 1 aliphatic heterocycles. The Bertz CT molecular complexity index is 159. The Hall–Kier alpha value is -0.280. The lowest BCUT2D eigenvalue weighted by Crippen LogP contribution is -2.50. The van der Waals surface area contributed by atoms with Gasteiger partial charge in [0.2, 0.25) is 5.91 Å². The summed E-state index contributed by atoms with van der Waals surface area (Å²) in [7, 11) is 0. The summed E-state index contributed by atoms with van der Waals surface area (Å²) >= 11 is 0. The van der Waals surface area contributed by atoms with E-state index in [0.717, 1.165) is 25.9 Å². The Morgan fingerprint density at radius 3 is 2.08 bits per heavy atom. The third kappa shape index (κ3) is 2.64. The molecule has 1 rings (SSSR count). The second-order valence-electron chi connectivity index (χ2n) is 3.72. The molecule has 0 radical (unpaired) electrons. The van der Waals surface area contributed by atoms with E-state index in [-0.39, 0.29) is 18.3 Å². The molecule has 72 valence electrons. The fourth-order valence-corrected chi connectivity index (χ4v) is 1.33. The predicted molar refractivity (Wildman–Crippen MR) is 51.3 cm³/mol. The first-order valence-electron chi connectivity index (χ1n) is 4.10. The highest BCUT2D eigenvalue weighted by Gasteiger charge is 2.29. The Labute approximate surface area is 79.7 Å². The molecule has 1 amide bonds. The minimum Gasteiger partial charge on any atom is -0.341 e. The van der Waals surface area contributed by atoms with Crippen molar-refractivity contribution in [1.82, 2.24) is 4.90 Å². The predicted octanol–water partition coefficient (Wildman–Crippen LogP) is 0.768. The monoisotopic (exact) mass is 192 g/mol. The molecule has 0 bridgehead atoms. The molecule has 0 atom stereocenters. The van der Waals surface area contributed by atoms with Crippen LogP contribution in [0, 0.1) is 0 Å². The zero-order valence-corrected chi connectivity index (χ0v) is 8.49. The minimum atomic E-state index is -0.690. The normalized spacial score (nSPS) is 17.4. The zero-order valence-electron chi connectivity index (χ0n) is 7.67. The first kappa shape index (κ1) is 11.7. The average molecular weight is 193 g/mol. The van der Waals surface area contributed by atoms with E-state index in [0.29, 0.717) is 0 Å². The molecule has 3 nitrogen and oxygen atoms in total.